The number of thioether (sulfide) groups is 1. The Labute approximate surface area is 189 Å². The Bertz CT molecular complexity index is 971. The fourth-order valence-corrected chi connectivity index (χ4v) is 4.45. The highest BCUT2D eigenvalue weighted by Gasteiger charge is 2.25. The highest BCUT2D eigenvalue weighted by molar-refractivity contribution is 7.99. The van der Waals surface area contributed by atoms with Crippen molar-refractivity contribution in [3.05, 3.63) is 33.9 Å². The van der Waals surface area contributed by atoms with Crippen LogP contribution in [0.3, 0.4) is 0 Å². The number of morpholine rings is 1. The van der Waals surface area contributed by atoms with Crippen molar-refractivity contribution in [1.29, 1.82) is 0 Å². The topological polar surface area (TPSA) is 125 Å². The van der Waals surface area contributed by atoms with Gasteiger partial charge in [0.25, 0.3) is 5.69 Å². The van der Waals surface area contributed by atoms with Gasteiger partial charge >= 0.3 is 0 Å². The lowest BCUT2D eigenvalue weighted by Gasteiger charge is -2.28. The first-order valence-corrected chi connectivity index (χ1v) is 11.5. The second kappa shape index (κ2) is 10.3. The monoisotopic (exact) mass is 462 g/mol. The number of aryl methyl sites for hydroxylation is 1. The molecule has 1 aromatic heterocycles. The Hall–Kier alpha value is -2.70. The number of hydrogen-bond donors (Lipinski definition) is 1. The van der Waals surface area contributed by atoms with Crippen molar-refractivity contribution in [2.75, 3.05) is 48.9 Å². The van der Waals surface area contributed by atoms with Gasteiger partial charge in [-0.15, -0.1) is 10.2 Å². The molecular formula is C20H26N6O5S. The van der Waals surface area contributed by atoms with Crippen molar-refractivity contribution in [2.24, 2.45) is 0 Å². The summed E-state index contributed by atoms with van der Waals surface area (Å²) >= 11 is 1.29. The molecule has 3 heterocycles. The zero-order valence-corrected chi connectivity index (χ0v) is 18.7. The number of anilines is 2. The minimum atomic E-state index is -0.482. The summed E-state index contributed by atoms with van der Waals surface area (Å²) in [4.78, 5) is 25.3. The van der Waals surface area contributed by atoms with E-state index in [0.29, 0.717) is 30.6 Å². The van der Waals surface area contributed by atoms with Crippen LogP contribution in [-0.4, -0.2) is 70.4 Å². The van der Waals surface area contributed by atoms with E-state index >= 15 is 0 Å². The number of nitro benzene ring substituents is 1. The Morgan fingerprint density at radius 1 is 1.31 bits per heavy atom. The van der Waals surface area contributed by atoms with Gasteiger partial charge in [-0.2, -0.15) is 0 Å². The lowest BCUT2D eigenvalue weighted by atomic mass is 10.2. The molecule has 12 heteroatoms. The summed E-state index contributed by atoms with van der Waals surface area (Å²) in [5.41, 5.74) is 1.12. The minimum absolute atomic E-state index is 0.0648. The van der Waals surface area contributed by atoms with Gasteiger partial charge in [-0.1, -0.05) is 17.8 Å². The Balaban J connectivity index is 1.45. The zero-order chi connectivity index (χ0) is 22.5. The molecule has 0 spiro atoms. The van der Waals surface area contributed by atoms with Crippen LogP contribution in [0.25, 0.3) is 0 Å². The summed E-state index contributed by atoms with van der Waals surface area (Å²) in [6, 6.07) is 4.41. The average Bonchev–Trinajstić information content (AvgIpc) is 3.45. The van der Waals surface area contributed by atoms with Crippen molar-refractivity contribution < 1.29 is 19.2 Å². The molecule has 0 bridgehead atoms. The number of hydrogen-bond acceptors (Lipinski definition) is 9. The van der Waals surface area contributed by atoms with E-state index in [1.54, 1.807) is 13.0 Å². The number of carbonyl (C=O) groups excluding carboxylic acids is 1. The first kappa shape index (κ1) is 22.5. The van der Waals surface area contributed by atoms with Gasteiger partial charge in [-0.3, -0.25) is 19.5 Å². The van der Waals surface area contributed by atoms with E-state index < -0.39 is 4.92 Å². The molecule has 172 valence electrons. The number of amides is 1. The van der Waals surface area contributed by atoms with Crippen molar-refractivity contribution in [3.63, 3.8) is 0 Å². The van der Waals surface area contributed by atoms with Crippen LogP contribution in [0.5, 0.6) is 0 Å². The van der Waals surface area contributed by atoms with Crippen LogP contribution in [0.15, 0.2) is 23.4 Å². The number of nitrogens with zero attached hydrogens (tertiary/aromatic N) is 5. The molecule has 2 aliphatic rings. The standard InChI is InChI=1S/C20H26N6O5S/c1-14-4-5-15(26(28)29)11-17(14)21-18(27)13-32-20-23-22-19(24-6-9-30-10-7-24)25(20)12-16-3-2-8-31-16/h4-5,11,16H,2-3,6-10,12-13H2,1H3,(H,21,27). The molecule has 32 heavy (non-hydrogen) atoms. The Morgan fingerprint density at radius 3 is 2.84 bits per heavy atom. The van der Waals surface area contributed by atoms with Crippen molar-refractivity contribution in [3.8, 4) is 0 Å². The van der Waals surface area contributed by atoms with Crippen LogP contribution in [0.2, 0.25) is 0 Å². The maximum atomic E-state index is 12.6. The molecule has 11 nitrogen and oxygen atoms in total. The number of aromatic nitrogens is 3. The quantitative estimate of drug-likeness (QED) is 0.357. The molecule has 2 saturated heterocycles. The molecule has 1 atom stereocenters. The van der Waals surface area contributed by atoms with Gasteiger partial charge in [-0.25, -0.2) is 0 Å². The lowest BCUT2D eigenvalue weighted by molar-refractivity contribution is -0.384. The summed E-state index contributed by atoms with van der Waals surface area (Å²) < 4.78 is 13.3. The fourth-order valence-electron chi connectivity index (χ4n) is 3.71. The summed E-state index contributed by atoms with van der Waals surface area (Å²) in [6.45, 7) is 5.93. The van der Waals surface area contributed by atoms with E-state index in [1.165, 1.54) is 23.9 Å². The van der Waals surface area contributed by atoms with Crippen molar-refractivity contribution in [2.45, 2.75) is 37.6 Å². The number of benzene rings is 1. The number of carbonyl (C=O) groups is 1. The molecule has 1 aromatic carbocycles. The van der Waals surface area contributed by atoms with Gasteiger partial charge in [0.05, 0.1) is 42.2 Å². The molecule has 4 rings (SSSR count). The number of nitrogens with one attached hydrogen (secondary N) is 1. The third kappa shape index (κ3) is 5.37. The minimum Gasteiger partial charge on any atom is -0.378 e. The molecule has 1 N–H and O–H groups in total. The predicted octanol–water partition coefficient (Wildman–Crippen LogP) is 2.24. The lowest BCUT2D eigenvalue weighted by Crippen LogP contribution is -2.38. The third-order valence-corrected chi connectivity index (χ3v) is 6.41. The molecule has 0 radical (unpaired) electrons. The molecule has 1 unspecified atom stereocenters. The van der Waals surface area contributed by atoms with Crippen molar-refractivity contribution >= 4 is 35.0 Å². The van der Waals surface area contributed by atoms with Crippen LogP contribution in [0.1, 0.15) is 18.4 Å². The van der Waals surface area contributed by atoms with E-state index in [-0.39, 0.29) is 23.5 Å². The summed E-state index contributed by atoms with van der Waals surface area (Å²) in [6.07, 6.45) is 2.12. The summed E-state index contributed by atoms with van der Waals surface area (Å²) in [5.74, 6) is 0.606. The maximum absolute atomic E-state index is 12.6. The highest BCUT2D eigenvalue weighted by atomic mass is 32.2. The predicted molar refractivity (Wildman–Crippen MR) is 119 cm³/mol. The Kier molecular flexibility index (Phi) is 7.22. The molecular weight excluding hydrogens is 436 g/mol. The smallest absolute Gasteiger partial charge is 0.271 e. The van der Waals surface area contributed by atoms with E-state index in [2.05, 4.69) is 20.4 Å². The van der Waals surface area contributed by atoms with Gasteiger partial charge in [-0.05, 0) is 25.3 Å². The van der Waals surface area contributed by atoms with E-state index in [0.717, 1.165) is 44.0 Å². The molecule has 2 aromatic rings. The summed E-state index contributed by atoms with van der Waals surface area (Å²) in [7, 11) is 0. The number of nitro groups is 1. The van der Waals surface area contributed by atoms with Crippen LogP contribution in [-0.2, 0) is 20.8 Å². The second-order valence-corrected chi connectivity index (χ2v) is 8.66. The van der Waals surface area contributed by atoms with Gasteiger partial charge in [0.15, 0.2) is 5.16 Å². The average molecular weight is 463 g/mol. The van der Waals surface area contributed by atoms with Gasteiger partial charge in [0.1, 0.15) is 0 Å². The summed E-state index contributed by atoms with van der Waals surface area (Å²) in [5, 5.41) is 23.2. The van der Waals surface area contributed by atoms with Crippen LogP contribution >= 0.6 is 11.8 Å². The third-order valence-electron chi connectivity index (χ3n) is 5.44. The fraction of sp³-hybridized carbons (Fsp3) is 0.550. The van der Waals surface area contributed by atoms with Gasteiger partial charge in [0.2, 0.25) is 11.9 Å². The van der Waals surface area contributed by atoms with Crippen LogP contribution in [0, 0.1) is 17.0 Å². The molecule has 2 fully saturated rings. The van der Waals surface area contributed by atoms with E-state index in [4.69, 9.17) is 9.47 Å². The normalized spacial score (nSPS) is 18.7. The van der Waals surface area contributed by atoms with Gasteiger partial charge < -0.3 is 19.7 Å². The largest absolute Gasteiger partial charge is 0.378 e. The van der Waals surface area contributed by atoms with Crippen molar-refractivity contribution in [1.82, 2.24) is 14.8 Å². The number of ether oxygens (including phenoxy) is 2. The first-order chi connectivity index (χ1) is 15.5. The first-order valence-electron chi connectivity index (χ1n) is 10.6. The molecule has 0 aliphatic carbocycles. The molecule has 0 saturated carbocycles. The number of non-ortho nitro benzene ring substituents is 1. The van der Waals surface area contributed by atoms with Crippen LogP contribution < -0.4 is 10.2 Å². The zero-order valence-electron chi connectivity index (χ0n) is 17.9. The van der Waals surface area contributed by atoms with E-state index in [1.807, 2.05) is 4.57 Å². The Morgan fingerprint density at radius 2 is 2.12 bits per heavy atom. The highest BCUT2D eigenvalue weighted by Crippen LogP contribution is 2.27. The van der Waals surface area contributed by atoms with Crippen LogP contribution in [0.4, 0.5) is 17.3 Å². The SMILES string of the molecule is Cc1ccc([N+](=O)[O-])cc1NC(=O)CSc1nnc(N2CCOCC2)n1CC1CCCO1. The maximum Gasteiger partial charge on any atom is 0.271 e. The number of rotatable bonds is 8. The van der Waals surface area contributed by atoms with E-state index in [9.17, 15) is 14.9 Å². The molecule has 1 amide bonds. The van der Waals surface area contributed by atoms with Gasteiger partial charge in [0, 0.05) is 31.8 Å². The second-order valence-electron chi connectivity index (χ2n) is 7.72. The molecule has 2 aliphatic heterocycles.